The first-order valence-corrected chi connectivity index (χ1v) is 9.70. The lowest BCUT2D eigenvalue weighted by Gasteiger charge is -2.33. The number of esters is 2. The van der Waals surface area contributed by atoms with Crippen LogP contribution in [0.5, 0.6) is 0 Å². The van der Waals surface area contributed by atoms with E-state index < -0.39 is 40.5 Å². The van der Waals surface area contributed by atoms with Crippen molar-refractivity contribution >= 4 is 23.3 Å². The number of nitrogens with one attached hydrogen (secondary N) is 1. The van der Waals surface area contributed by atoms with Crippen molar-refractivity contribution < 1.29 is 24.0 Å². The van der Waals surface area contributed by atoms with E-state index in [4.69, 9.17) is 9.47 Å². The molecule has 0 amide bonds. The van der Waals surface area contributed by atoms with Gasteiger partial charge in [-0.15, -0.1) is 0 Å². The van der Waals surface area contributed by atoms with Crippen molar-refractivity contribution in [2.75, 3.05) is 5.32 Å². The van der Waals surface area contributed by atoms with Gasteiger partial charge in [-0.05, 0) is 39.3 Å². The lowest BCUT2D eigenvalue weighted by Crippen LogP contribution is -2.50. The van der Waals surface area contributed by atoms with Crippen LogP contribution in [0.25, 0.3) is 0 Å². The Morgan fingerprint density at radius 2 is 1.50 bits per heavy atom. The van der Waals surface area contributed by atoms with Crippen molar-refractivity contribution in [3.05, 3.63) is 69.8 Å². The molecule has 0 spiro atoms. The third kappa shape index (κ3) is 3.60. The van der Waals surface area contributed by atoms with Gasteiger partial charge in [-0.3, -0.25) is 19.7 Å². The van der Waals surface area contributed by atoms with Gasteiger partial charge in [0.05, 0.1) is 23.2 Å². The van der Waals surface area contributed by atoms with E-state index in [1.807, 2.05) is 0 Å². The largest absolute Gasteiger partial charge is 0.462 e. The minimum Gasteiger partial charge on any atom is -0.462 e. The van der Waals surface area contributed by atoms with Crippen molar-refractivity contribution in [2.24, 2.45) is 0 Å². The summed E-state index contributed by atoms with van der Waals surface area (Å²) in [6.45, 7) is 6.81. The topological polar surface area (TPSA) is 108 Å². The molecule has 2 aromatic carbocycles. The monoisotopic (exact) mass is 412 g/mol. The van der Waals surface area contributed by atoms with Crippen LogP contribution in [0.4, 0.5) is 11.4 Å². The first kappa shape index (κ1) is 21.3. The molecule has 8 heteroatoms. The zero-order valence-electron chi connectivity index (χ0n) is 17.2. The standard InChI is InChI=1S/C22H24N2O6/c1-13(2)29-20(25)22(21(26)30-14(3)4)17-7-5-6-8-18(17)23-19(22)15-9-11-16(12-10-15)24(27)28/h5-14,19,23H,1-4H3/t19-/m1/s1. The number of hydrogen-bond donors (Lipinski definition) is 1. The molecule has 0 radical (unpaired) electrons. The van der Waals surface area contributed by atoms with Gasteiger partial charge < -0.3 is 14.8 Å². The van der Waals surface area contributed by atoms with Crippen LogP contribution in [0, 0.1) is 10.1 Å². The lowest BCUT2D eigenvalue weighted by atomic mass is 9.74. The second kappa shape index (κ2) is 8.14. The number of ether oxygens (including phenoxy) is 2. The maximum Gasteiger partial charge on any atom is 0.330 e. The van der Waals surface area contributed by atoms with Gasteiger partial charge in [0.2, 0.25) is 5.41 Å². The van der Waals surface area contributed by atoms with E-state index >= 15 is 0 Å². The van der Waals surface area contributed by atoms with Crippen LogP contribution in [0.3, 0.4) is 0 Å². The number of para-hydroxylation sites is 1. The Kier molecular flexibility index (Phi) is 5.78. The average Bonchev–Trinajstić information content (AvgIpc) is 3.03. The Bertz CT molecular complexity index is 946. The summed E-state index contributed by atoms with van der Waals surface area (Å²) in [5.41, 5.74) is -0.305. The number of benzene rings is 2. The highest BCUT2D eigenvalue weighted by atomic mass is 16.6. The highest BCUT2D eigenvalue weighted by Crippen LogP contribution is 2.51. The fourth-order valence-corrected chi connectivity index (χ4v) is 3.65. The smallest absolute Gasteiger partial charge is 0.330 e. The van der Waals surface area contributed by atoms with E-state index in [-0.39, 0.29) is 5.69 Å². The molecule has 3 rings (SSSR count). The summed E-state index contributed by atoms with van der Waals surface area (Å²) in [7, 11) is 0. The highest BCUT2D eigenvalue weighted by Gasteiger charge is 2.62. The van der Waals surface area contributed by atoms with E-state index in [9.17, 15) is 19.7 Å². The maximum absolute atomic E-state index is 13.5. The normalized spacial score (nSPS) is 16.7. The second-order valence-corrected chi connectivity index (χ2v) is 7.69. The van der Waals surface area contributed by atoms with Gasteiger partial charge in [0.25, 0.3) is 5.69 Å². The fourth-order valence-electron chi connectivity index (χ4n) is 3.65. The van der Waals surface area contributed by atoms with Crippen molar-refractivity contribution in [3.8, 4) is 0 Å². The molecule has 30 heavy (non-hydrogen) atoms. The molecule has 1 heterocycles. The summed E-state index contributed by atoms with van der Waals surface area (Å²) in [6, 6.07) is 11.9. The molecule has 0 saturated carbocycles. The number of anilines is 1. The molecule has 8 nitrogen and oxygen atoms in total. The lowest BCUT2D eigenvalue weighted by molar-refractivity contribution is -0.384. The molecule has 2 aromatic rings. The Morgan fingerprint density at radius 1 is 0.967 bits per heavy atom. The second-order valence-electron chi connectivity index (χ2n) is 7.69. The van der Waals surface area contributed by atoms with Gasteiger partial charge in [-0.2, -0.15) is 0 Å². The minimum absolute atomic E-state index is 0.0885. The van der Waals surface area contributed by atoms with Crippen molar-refractivity contribution in [2.45, 2.75) is 51.4 Å². The number of carbonyl (C=O) groups is 2. The maximum atomic E-state index is 13.5. The van der Waals surface area contributed by atoms with Crippen LogP contribution in [0.15, 0.2) is 48.5 Å². The summed E-state index contributed by atoms with van der Waals surface area (Å²) < 4.78 is 11.0. The molecule has 0 saturated heterocycles. The van der Waals surface area contributed by atoms with E-state index in [0.29, 0.717) is 16.8 Å². The van der Waals surface area contributed by atoms with Crippen molar-refractivity contribution in [3.63, 3.8) is 0 Å². The summed E-state index contributed by atoms with van der Waals surface area (Å²) in [4.78, 5) is 37.4. The zero-order chi connectivity index (χ0) is 22.1. The van der Waals surface area contributed by atoms with Crippen LogP contribution >= 0.6 is 0 Å². The molecular formula is C22H24N2O6. The van der Waals surface area contributed by atoms with Gasteiger partial charge in [-0.25, -0.2) is 0 Å². The molecule has 0 aliphatic carbocycles. The molecule has 1 aliphatic heterocycles. The van der Waals surface area contributed by atoms with E-state index in [0.717, 1.165) is 0 Å². The number of nitro groups is 1. The third-order valence-electron chi connectivity index (χ3n) is 4.85. The van der Waals surface area contributed by atoms with E-state index in [2.05, 4.69) is 5.32 Å². The van der Waals surface area contributed by atoms with Gasteiger partial charge in [0.1, 0.15) is 0 Å². The van der Waals surface area contributed by atoms with Crippen molar-refractivity contribution in [1.82, 2.24) is 0 Å². The first-order valence-electron chi connectivity index (χ1n) is 9.70. The quantitative estimate of drug-likeness (QED) is 0.332. The zero-order valence-corrected chi connectivity index (χ0v) is 17.2. The number of nitro benzene ring substituents is 1. The van der Waals surface area contributed by atoms with Gasteiger partial charge in [0.15, 0.2) is 0 Å². The molecular weight excluding hydrogens is 388 g/mol. The Hall–Kier alpha value is -3.42. The molecule has 0 unspecified atom stereocenters. The number of hydrogen-bond acceptors (Lipinski definition) is 7. The van der Waals surface area contributed by atoms with Crippen LogP contribution in [0.2, 0.25) is 0 Å². The Balaban J connectivity index is 2.22. The molecule has 158 valence electrons. The number of rotatable bonds is 6. The predicted molar refractivity (Wildman–Crippen MR) is 110 cm³/mol. The minimum atomic E-state index is -1.79. The van der Waals surface area contributed by atoms with Crippen LogP contribution in [0.1, 0.15) is 44.9 Å². The summed E-state index contributed by atoms with van der Waals surface area (Å²) >= 11 is 0. The average molecular weight is 412 g/mol. The van der Waals surface area contributed by atoms with Gasteiger partial charge in [0, 0.05) is 23.4 Å². The predicted octanol–water partition coefficient (Wildman–Crippen LogP) is 3.90. The van der Waals surface area contributed by atoms with Crippen molar-refractivity contribution in [1.29, 1.82) is 0 Å². The molecule has 1 N–H and O–H groups in total. The van der Waals surface area contributed by atoms with E-state index in [1.165, 1.54) is 24.3 Å². The fraction of sp³-hybridized carbons (Fsp3) is 0.364. The third-order valence-corrected chi connectivity index (χ3v) is 4.85. The summed E-state index contributed by atoms with van der Waals surface area (Å²) in [5, 5.41) is 14.3. The van der Waals surface area contributed by atoms with E-state index in [1.54, 1.807) is 52.0 Å². The van der Waals surface area contributed by atoms with Crippen LogP contribution in [-0.2, 0) is 24.5 Å². The molecule has 1 atom stereocenters. The Labute approximate surface area is 174 Å². The number of non-ortho nitro benzene ring substituents is 1. The number of nitrogens with zero attached hydrogens (tertiary/aromatic N) is 1. The number of carbonyl (C=O) groups excluding carboxylic acids is 2. The van der Waals surface area contributed by atoms with Gasteiger partial charge >= 0.3 is 11.9 Å². The molecule has 0 bridgehead atoms. The van der Waals surface area contributed by atoms with Gasteiger partial charge in [-0.1, -0.05) is 30.3 Å². The van der Waals surface area contributed by atoms with Crippen LogP contribution in [-0.4, -0.2) is 29.1 Å². The summed E-state index contributed by atoms with van der Waals surface area (Å²) in [6.07, 6.45) is -0.905. The molecule has 0 fully saturated rings. The first-order chi connectivity index (χ1) is 14.2. The Morgan fingerprint density at radius 3 is 2.00 bits per heavy atom. The number of fused-ring (bicyclic) bond motifs is 1. The van der Waals surface area contributed by atoms with Crippen LogP contribution < -0.4 is 5.32 Å². The summed E-state index contributed by atoms with van der Waals surface area (Å²) in [5.74, 6) is -1.46. The highest BCUT2D eigenvalue weighted by molar-refractivity contribution is 6.11. The molecule has 0 aromatic heterocycles. The SMILES string of the molecule is CC(C)OC(=O)C1(C(=O)OC(C)C)c2ccccc2N[C@@H]1c1ccc([N+](=O)[O-])cc1. The molecule has 1 aliphatic rings.